The number of esters is 1. The molecule has 9 heteroatoms. The van der Waals surface area contributed by atoms with Crippen molar-refractivity contribution in [2.24, 2.45) is 0 Å². The lowest BCUT2D eigenvalue weighted by molar-refractivity contribution is -0.142. The maximum absolute atomic E-state index is 12.0. The van der Waals surface area contributed by atoms with E-state index < -0.39 is 33.9 Å². The van der Waals surface area contributed by atoms with Crippen LogP contribution in [0, 0.1) is 0 Å². The molecule has 0 aliphatic carbocycles. The van der Waals surface area contributed by atoms with Gasteiger partial charge in [-0.3, -0.25) is 4.79 Å². The molecule has 0 fully saturated rings. The third-order valence-corrected chi connectivity index (χ3v) is 3.71. The predicted molar refractivity (Wildman–Crippen MR) is 87.4 cm³/mol. The van der Waals surface area contributed by atoms with Gasteiger partial charge in [-0.2, -0.15) is 13.1 Å². The van der Waals surface area contributed by atoms with Gasteiger partial charge in [-0.15, -0.1) is 0 Å². The van der Waals surface area contributed by atoms with Gasteiger partial charge >= 0.3 is 22.3 Å². The molecule has 8 nitrogen and oxygen atoms in total. The van der Waals surface area contributed by atoms with Gasteiger partial charge in [-0.25, -0.2) is 9.52 Å². The zero-order chi connectivity index (χ0) is 18.4. The maximum atomic E-state index is 12.0. The first kappa shape index (κ1) is 19.9. The predicted octanol–water partition coefficient (Wildman–Crippen LogP) is 1.13. The fourth-order valence-corrected chi connectivity index (χ4v) is 2.66. The summed E-state index contributed by atoms with van der Waals surface area (Å²) >= 11 is 0. The van der Waals surface area contributed by atoms with Crippen LogP contribution in [-0.4, -0.2) is 39.2 Å². The van der Waals surface area contributed by atoms with Crippen LogP contribution in [0.5, 0.6) is 0 Å². The molecule has 1 atom stereocenters. The smallest absolute Gasteiger partial charge is 0.422 e. The summed E-state index contributed by atoms with van der Waals surface area (Å²) in [6.45, 7) is 4.79. The lowest BCUT2D eigenvalue weighted by atomic mass is 10.1. The molecule has 0 radical (unpaired) electrons. The van der Waals surface area contributed by atoms with Crippen LogP contribution in [0.4, 0.5) is 4.79 Å². The maximum Gasteiger partial charge on any atom is 0.422 e. The largest absolute Gasteiger partial charge is 0.468 e. The average molecular weight is 358 g/mol. The first-order valence-corrected chi connectivity index (χ1v) is 8.65. The summed E-state index contributed by atoms with van der Waals surface area (Å²) in [5.74, 6) is -0.770. The second kappa shape index (κ2) is 8.11. The fourth-order valence-electron chi connectivity index (χ4n) is 1.79. The highest BCUT2D eigenvalue weighted by Crippen LogP contribution is 2.08. The van der Waals surface area contributed by atoms with Gasteiger partial charge in [0, 0.05) is 0 Å². The summed E-state index contributed by atoms with van der Waals surface area (Å²) in [6, 6.07) is 7.62. The molecule has 0 unspecified atom stereocenters. The van der Waals surface area contributed by atoms with Gasteiger partial charge in [-0.1, -0.05) is 30.3 Å². The summed E-state index contributed by atoms with van der Waals surface area (Å²) in [5.41, 5.74) is -0.126. The molecule has 1 aromatic carbocycles. The highest BCUT2D eigenvalue weighted by atomic mass is 32.2. The van der Waals surface area contributed by atoms with Crippen LogP contribution in [0.2, 0.25) is 0 Å². The standard InChI is InChI=1S/C15H22N2O6S/c1-15(2,3)23-14(19)17-24(20,21)16-12(13(18)22-4)10-11-8-6-5-7-9-11/h5-9,12,16H,10H2,1-4H3,(H,17,19)/t12-/m0/s1. The number of amides is 1. The highest BCUT2D eigenvalue weighted by Gasteiger charge is 2.28. The molecule has 0 saturated heterocycles. The third-order valence-electron chi connectivity index (χ3n) is 2.68. The number of methoxy groups -OCH3 is 1. The lowest BCUT2D eigenvalue weighted by Crippen LogP contribution is -2.50. The summed E-state index contributed by atoms with van der Waals surface area (Å²) in [4.78, 5) is 23.4. The number of hydrogen-bond acceptors (Lipinski definition) is 6. The highest BCUT2D eigenvalue weighted by molar-refractivity contribution is 7.88. The molecule has 2 N–H and O–H groups in total. The third kappa shape index (κ3) is 7.42. The molecular formula is C15H22N2O6S. The Labute approximate surface area is 141 Å². The van der Waals surface area contributed by atoms with Gasteiger partial charge in [0.15, 0.2) is 0 Å². The average Bonchev–Trinajstić information content (AvgIpc) is 2.43. The molecule has 134 valence electrons. The van der Waals surface area contributed by atoms with E-state index in [1.165, 1.54) is 0 Å². The summed E-state index contributed by atoms with van der Waals surface area (Å²) in [5, 5.41) is 0. The zero-order valence-corrected chi connectivity index (χ0v) is 14.8. The molecule has 24 heavy (non-hydrogen) atoms. The van der Waals surface area contributed by atoms with Crippen molar-refractivity contribution >= 4 is 22.3 Å². The van der Waals surface area contributed by atoms with E-state index in [1.807, 2.05) is 0 Å². The first-order valence-electron chi connectivity index (χ1n) is 7.17. The molecule has 1 amide bonds. The van der Waals surface area contributed by atoms with Crippen molar-refractivity contribution in [1.29, 1.82) is 0 Å². The van der Waals surface area contributed by atoms with E-state index in [0.29, 0.717) is 0 Å². The molecule has 0 bridgehead atoms. The Bertz CT molecular complexity index is 667. The number of ether oxygens (including phenoxy) is 2. The Balaban J connectivity index is 2.81. The van der Waals surface area contributed by atoms with Gasteiger partial charge in [0.2, 0.25) is 0 Å². The van der Waals surface area contributed by atoms with Crippen LogP contribution in [-0.2, 0) is 30.9 Å². The normalized spacial score (nSPS) is 13.0. The first-order chi connectivity index (χ1) is 11.0. The molecule has 0 spiro atoms. The van der Waals surface area contributed by atoms with Crippen molar-refractivity contribution in [3.8, 4) is 0 Å². The second-order valence-electron chi connectivity index (χ2n) is 5.99. The van der Waals surface area contributed by atoms with Crippen LogP contribution in [0.15, 0.2) is 30.3 Å². The molecule has 0 saturated carbocycles. The molecule has 0 aliphatic heterocycles. The van der Waals surface area contributed by atoms with E-state index in [0.717, 1.165) is 12.7 Å². The minimum absolute atomic E-state index is 0.0722. The molecular weight excluding hydrogens is 336 g/mol. The Kier molecular flexibility index (Phi) is 6.73. The minimum atomic E-state index is -4.30. The number of carbonyl (C=O) groups is 2. The van der Waals surface area contributed by atoms with E-state index in [2.05, 4.69) is 9.46 Å². The van der Waals surface area contributed by atoms with Crippen LogP contribution in [0.3, 0.4) is 0 Å². The van der Waals surface area contributed by atoms with Crippen molar-refractivity contribution in [3.05, 3.63) is 35.9 Å². The van der Waals surface area contributed by atoms with E-state index >= 15 is 0 Å². The van der Waals surface area contributed by atoms with E-state index in [-0.39, 0.29) is 6.42 Å². The fraction of sp³-hybridized carbons (Fsp3) is 0.467. The van der Waals surface area contributed by atoms with E-state index in [1.54, 1.807) is 55.8 Å². The zero-order valence-electron chi connectivity index (χ0n) is 14.0. The van der Waals surface area contributed by atoms with Crippen molar-refractivity contribution in [3.63, 3.8) is 0 Å². The van der Waals surface area contributed by atoms with E-state index in [4.69, 9.17) is 4.74 Å². The molecule has 0 aliphatic rings. The number of nitrogens with one attached hydrogen (secondary N) is 2. The van der Waals surface area contributed by atoms with Gasteiger partial charge in [0.25, 0.3) is 0 Å². The van der Waals surface area contributed by atoms with Crippen LogP contribution in [0.25, 0.3) is 0 Å². The number of benzene rings is 1. The van der Waals surface area contributed by atoms with E-state index in [9.17, 15) is 18.0 Å². The summed E-state index contributed by atoms with van der Waals surface area (Å²) in [6.07, 6.45) is -1.07. The van der Waals surface area contributed by atoms with Crippen LogP contribution in [0.1, 0.15) is 26.3 Å². The molecule has 1 aromatic rings. The minimum Gasteiger partial charge on any atom is -0.468 e. The van der Waals surface area contributed by atoms with Crippen molar-refractivity contribution in [2.75, 3.05) is 7.11 Å². The Morgan fingerprint density at radius 2 is 1.75 bits per heavy atom. The molecule has 0 aromatic heterocycles. The van der Waals surface area contributed by atoms with Gasteiger partial charge in [0.1, 0.15) is 11.6 Å². The Hall–Kier alpha value is -2.13. The summed E-state index contributed by atoms with van der Waals surface area (Å²) in [7, 11) is -3.15. The number of hydrogen-bond donors (Lipinski definition) is 2. The number of carbonyl (C=O) groups excluding carboxylic acids is 2. The van der Waals surface area contributed by atoms with Gasteiger partial charge in [0.05, 0.1) is 7.11 Å². The van der Waals surface area contributed by atoms with Crippen molar-refractivity contribution < 1.29 is 27.5 Å². The van der Waals surface area contributed by atoms with Crippen molar-refractivity contribution in [1.82, 2.24) is 9.44 Å². The quantitative estimate of drug-likeness (QED) is 0.738. The topological polar surface area (TPSA) is 111 Å². The van der Waals surface area contributed by atoms with Crippen LogP contribution >= 0.6 is 0 Å². The van der Waals surface area contributed by atoms with Gasteiger partial charge < -0.3 is 9.47 Å². The van der Waals surface area contributed by atoms with Crippen molar-refractivity contribution in [2.45, 2.75) is 38.8 Å². The molecule has 1 rings (SSSR count). The lowest BCUT2D eigenvalue weighted by Gasteiger charge is -2.21. The Morgan fingerprint density at radius 3 is 2.25 bits per heavy atom. The summed E-state index contributed by atoms with van der Waals surface area (Å²) < 4.78 is 37.3. The van der Waals surface area contributed by atoms with Crippen LogP contribution < -0.4 is 9.44 Å². The molecule has 0 heterocycles. The number of rotatable bonds is 6. The Morgan fingerprint density at radius 1 is 1.17 bits per heavy atom. The van der Waals surface area contributed by atoms with Gasteiger partial charge in [-0.05, 0) is 32.8 Å². The monoisotopic (exact) mass is 358 g/mol. The second-order valence-corrected chi connectivity index (χ2v) is 7.44. The SMILES string of the molecule is COC(=O)[C@H](Cc1ccccc1)NS(=O)(=O)NC(=O)OC(C)(C)C.